The molecule has 1 atom stereocenters. The van der Waals surface area contributed by atoms with Gasteiger partial charge in [-0.15, -0.1) is 6.58 Å². The number of hydrogen-bond acceptors (Lipinski definition) is 2. The van der Waals surface area contributed by atoms with Crippen LogP contribution in [0.5, 0.6) is 0 Å². The first kappa shape index (κ1) is 10.5. The first-order valence-electron chi connectivity index (χ1n) is 4.50. The second-order valence-corrected chi connectivity index (χ2v) is 2.85. The van der Waals surface area contributed by atoms with Crippen LogP contribution in [0.4, 0.5) is 0 Å². The molecule has 0 bridgehead atoms. The Kier molecular flexibility index (Phi) is 4.51. The first-order valence-corrected chi connectivity index (χ1v) is 4.50. The van der Waals surface area contributed by atoms with E-state index in [1.165, 1.54) is 0 Å². The number of allylic oxidation sites excluding steroid dienone is 2. The molecular formula is C12H14O2. The third-order valence-electron chi connectivity index (χ3n) is 1.66. The number of hydrogen-bond donors (Lipinski definition) is 1. The Bertz CT molecular complexity index is 307. The average Bonchev–Trinajstić information content (AvgIpc) is 2.65. The Labute approximate surface area is 83.9 Å². The van der Waals surface area contributed by atoms with Gasteiger partial charge >= 0.3 is 0 Å². The number of furan rings is 1. The Morgan fingerprint density at radius 2 is 2.36 bits per heavy atom. The van der Waals surface area contributed by atoms with Gasteiger partial charge in [0.2, 0.25) is 0 Å². The summed E-state index contributed by atoms with van der Waals surface area (Å²) < 4.78 is 5.09. The van der Waals surface area contributed by atoms with Crippen LogP contribution in [0.3, 0.4) is 0 Å². The van der Waals surface area contributed by atoms with E-state index in [4.69, 9.17) is 4.42 Å². The molecule has 0 aromatic carbocycles. The van der Waals surface area contributed by atoms with Gasteiger partial charge in [-0.25, -0.2) is 0 Å². The Balaban J connectivity index is 2.36. The Morgan fingerprint density at radius 1 is 1.50 bits per heavy atom. The lowest BCUT2D eigenvalue weighted by Crippen LogP contribution is -1.98. The molecule has 0 radical (unpaired) electrons. The van der Waals surface area contributed by atoms with Gasteiger partial charge in [-0.3, -0.25) is 0 Å². The van der Waals surface area contributed by atoms with E-state index in [1.807, 2.05) is 24.3 Å². The summed E-state index contributed by atoms with van der Waals surface area (Å²) >= 11 is 0. The molecule has 1 N–H and O–H groups in total. The predicted octanol–water partition coefficient (Wildman–Crippen LogP) is 2.79. The lowest BCUT2D eigenvalue weighted by Gasteiger charge is -1.97. The highest BCUT2D eigenvalue weighted by molar-refractivity contribution is 5.44. The largest absolute Gasteiger partial charge is 0.465 e. The third-order valence-corrected chi connectivity index (χ3v) is 1.66. The number of aliphatic hydroxyl groups is 1. The van der Waals surface area contributed by atoms with Gasteiger partial charge in [0.25, 0.3) is 0 Å². The van der Waals surface area contributed by atoms with Gasteiger partial charge in [0.1, 0.15) is 5.76 Å². The van der Waals surface area contributed by atoms with Crippen molar-refractivity contribution in [1.29, 1.82) is 0 Å². The summed E-state index contributed by atoms with van der Waals surface area (Å²) in [6.45, 7) is 3.54. The molecular weight excluding hydrogens is 176 g/mol. The molecule has 1 aromatic rings. The minimum absolute atomic E-state index is 0.450. The minimum atomic E-state index is -0.450. The van der Waals surface area contributed by atoms with Crippen LogP contribution in [0.2, 0.25) is 0 Å². The second-order valence-electron chi connectivity index (χ2n) is 2.85. The normalized spacial score (nSPS) is 13.8. The van der Waals surface area contributed by atoms with Crippen LogP contribution in [0.25, 0.3) is 6.08 Å². The van der Waals surface area contributed by atoms with E-state index >= 15 is 0 Å². The standard InChI is InChI=1S/C12H14O2/c1-2-6-11(13)7-3-4-8-12-9-5-10-14-12/h2-5,7-11,13H,1,6H2/b7-3-,8-4+/t11-/m0/s1. The van der Waals surface area contributed by atoms with Crippen molar-refractivity contribution in [3.05, 3.63) is 55.0 Å². The monoisotopic (exact) mass is 190 g/mol. The van der Waals surface area contributed by atoms with Gasteiger partial charge in [-0.05, 0) is 24.6 Å². The Morgan fingerprint density at radius 3 is 3.00 bits per heavy atom. The molecule has 1 rings (SSSR count). The van der Waals surface area contributed by atoms with Gasteiger partial charge in [-0.2, -0.15) is 0 Å². The van der Waals surface area contributed by atoms with Gasteiger partial charge < -0.3 is 9.52 Å². The first-order chi connectivity index (χ1) is 6.83. The number of rotatable bonds is 5. The third kappa shape index (κ3) is 3.92. The van der Waals surface area contributed by atoms with Crippen molar-refractivity contribution in [1.82, 2.24) is 0 Å². The quantitative estimate of drug-likeness (QED) is 0.572. The predicted molar refractivity (Wildman–Crippen MR) is 57.7 cm³/mol. The fourth-order valence-electron chi connectivity index (χ4n) is 0.978. The molecule has 0 spiro atoms. The molecule has 0 aliphatic heterocycles. The van der Waals surface area contributed by atoms with Crippen molar-refractivity contribution in [2.24, 2.45) is 0 Å². The van der Waals surface area contributed by atoms with Crippen LogP contribution in [0.1, 0.15) is 12.2 Å². The molecule has 2 nitrogen and oxygen atoms in total. The molecule has 0 saturated heterocycles. The summed E-state index contributed by atoms with van der Waals surface area (Å²) in [5, 5.41) is 9.29. The molecule has 74 valence electrons. The van der Waals surface area contributed by atoms with E-state index in [2.05, 4.69) is 6.58 Å². The van der Waals surface area contributed by atoms with Crippen molar-refractivity contribution >= 4 is 6.08 Å². The lowest BCUT2D eigenvalue weighted by atomic mass is 10.2. The van der Waals surface area contributed by atoms with Crippen molar-refractivity contribution in [3.8, 4) is 0 Å². The van der Waals surface area contributed by atoms with Crippen LogP contribution in [0.15, 0.2) is 53.7 Å². The van der Waals surface area contributed by atoms with Crippen LogP contribution in [-0.4, -0.2) is 11.2 Å². The molecule has 1 heterocycles. The molecule has 1 aromatic heterocycles. The van der Waals surface area contributed by atoms with Crippen molar-refractivity contribution < 1.29 is 9.52 Å². The van der Waals surface area contributed by atoms with E-state index in [0.717, 1.165) is 5.76 Å². The van der Waals surface area contributed by atoms with Crippen LogP contribution in [-0.2, 0) is 0 Å². The fourth-order valence-corrected chi connectivity index (χ4v) is 0.978. The van der Waals surface area contributed by atoms with Gasteiger partial charge in [0.15, 0.2) is 0 Å². The van der Waals surface area contributed by atoms with E-state index in [-0.39, 0.29) is 0 Å². The summed E-state index contributed by atoms with van der Waals surface area (Å²) in [6.07, 6.45) is 10.6. The van der Waals surface area contributed by atoms with E-state index in [1.54, 1.807) is 24.5 Å². The highest BCUT2D eigenvalue weighted by atomic mass is 16.3. The van der Waals surface area contributed by atoms with Crippen LogP contribution < -0.4 is 0 Å². The van der Waals surface area contributed by atoms with Crippen LogP contribution >= 0.6 is 0 Å². The highest BCUT2D eigenvalue weighted by Gasteiger charge is 1.91. The summed E-state index contributed by atoms with van der Waals surface area (Å²) in [4.78, 5) is 0. The van der Waals surface area contributed by atoms with Crippen molar-refractivity contribution in [3.63, 3.8) is 0 Å². The molecule has 0 aliphatic rings. The zero-order chi connectivity index (χ0) is 10.2. The minimum Gasteiger partial charge on any atom is -0.465 e. The van der Waals surface area contributed by atoms with Crippen molar-refractivity contribution in [2.75, 3.05) is 0 Å². The maximum Gasteiger partial charge on any atom is 0.126 e. The lowest BCUT2D eigenvalue weighted by molar-refractivity contribution is 0.227. The second kappa shape index (κ2) is 6.00. The van der Waals surface area contributed by atoms with Gasteiger partial charge in [0.05, 0.1) is 12.4 Å². The van der Waals surface area contributed by atoms with E-state index in [9.17, 15) is 5.11 Å². The van der Waals surface area contributed by atoms with Crippen molar-refractivity contribution in [2.45, 2.75) is 12.5 Å². The molecule has 14 heavy (non-hydrogen) atoms. The van der Waals surface area contributed by atoms with Gasteiger partial charge in [0, 0.05) is 0 Å². The zero-order valence-corrected chi connectivity index (χ0v) is 7.97. The molecule has 0 aliphatic carbocycles. The average molecular weight is 190 g/mol. The molecule has 2 heteroatoms. The summed E-state index contributed by atoms with van der Waals surface area (Å²) in [6, 6.07) is 3.69. The Hall–Kier alpha value is -1.54. The maximum atomic E-state index is 9.29. The maximum absolute atomic E-state index is 9.29. The van der Waals surface area contributed by atoms with Gasteiger partial charge in [-0.1, -0.05) is 24.3 Å². The SMILES string of the molecule is C=CC[C@H](O)/C=C\C=C\c1ccco1. The summed E-state index contributed by atoms with van der Waals surface area (Å²) in [5.74, 6) is 0.799. The summed E-state index contributed by atoms with van der Waals surface area (Å²) in [7, 11) is 0. The van der Waals surface area contributed by atoms with Crippen LogP contribution in [0, 0.1) is 0 Å². The molecule has 0 saturated carbocycles. The van der Waals surface area contributed by atoms with E-state index < -0.39 is 6.10 Å². The van der Waals surface area contributed by atoms with E-state index in [0.29, 0.717) is 6.42 Å². The highest BCUT2D eigenvalue weighted by Crippen LogP contribution is 2.02. The number of aliphatic hydroxyl groups excluding tert-OH is 1. The fraction of sp³-hybridized carbons (Fsp3) is 0.167. The molecule has 0 amide bonds. The summed E-state index contributed by atoms with van der Waals surface area (Å²) in [5.41, 5.74) is 0. The smallest absolute Gasteiger partial charge is 0.126 e. The topological polar surface area (TPSA) is 33.4 Å². The molecule has 0 unspecified atom stereocenters. The molecule has 0 fully saturated rings. The zero-order valence-electron chi connectivity index (χ0n) is 7.97.